The Morgan fingerprint density at radius 3 is 2.40 bits per heavy atom. The number of halogens is 1. The number of carbonyl (C=O) groups is 2. The molecule has 0 atom stereocenters. The highest BCUT2D eigenvalue weighted by Gasteiger charge is 2.24. The van der Waals surface area contributed by atoms with Crippen LogP contribution in [0.1, 0.15) is 22.8 Å². The van der Waals surface area contributed by atoms with Gasteiger partial charge in [0.15, 0.2) is 0 Å². The minimum Gasteiger partial charge on any atom is -0.497 e. The van der Waals surface area contributed by atoms with Crippen LogP contribution in [0.25, 0.3) is 34.1 Å². The minimum atomic E-state index is -0.675. The maximum atomic E-state index is 13.5. The van der Waals surface area contributed by atoms with Crippen LogP contribution in [-0.2, 0) is 9.53 Å². The normalized spacial score (nSPS) is 11.1. The Hall–Kier alpha value is -5.17. The van der Waals surface area contributed by atoms with E-state index in [1.54, 1.807) is 54.6 Å². The molecule has 2 heterocycles. The average Bonchev–Trinajstić information content (AvgIpc) is 3.65. The lowest BCUT2D eigenvalue weighted by atomic mass is 10.0. The van der Waals surface area contributed by atoms with Crippen LogP contribution >= 0.6 is 22.9 Å². The molecule has 0 saturated carbocycles. The summed E-state index contributed by atoms with van der Waals surface area (Å²) < 4.78 is 12.3. The topological polar surface area (TPSA) is 106 Å². The van der Waals surface area contributed by atoms with Gasteiger partial charge in [0.1, 0.15) is 28.0 Å². The number of aromatic nitrogens is 2. The van der Waals surface area contributed by atoms with Crippen LogP contribution < -0.4 is 10.1 Å². The number of amides is 1. The molecular weight excluding hydrogens is 584 g/mol. The molecule has 2 aromatic heterocycles. The van der Waals surface area contributed by atoms with Gasteiger partial charge in [-0.3, -0.25) is 4.79 Å². The largest absolute Gasteiger partial charge is 0.497 e. The van der Waals surface area contributed by atoms with Gasteiger partial charge in [0.2, 0.25) is 0 Å². The predicted octanol–water partition coefficient (Wildman–Crippen LogP) is 7.65. The van der Waals surface area contributed by atoms with Crippen molar-refractivity contribution in [2.24, 2.45) is 0 Å². The summed E-state index contributed by atoms with van der Waals surface area (Å²) >= 11 is 7.21. The highest BCUT2D eigenvalue weighted by molar-refractivity contribution is 7.15. The Morgan fingerprint density at radius 2 is 1.74 bits per heavy atom. The van der Waals surface area contributed by atoms with Crippen molar-refractivity contribution in [3.63, 3.8) is 0 Å². The monoisotopic (exact) mass is 608 g/mol. The van der Waals surface area contributed by atoms with Crippen molar-refractivity contribution in [3.8, 4) is 39.9 Å². The first-order valence-corrected chi connectivity index (χ1v) is 14.4. The van der Waals surface area contributed by atoms with Gasteiger partial charge in [-0.2, -0.15) is 10.4 Å². The molecule has 3 aromatic carbocycles. The summed E-state index contributed by atoms with van der Waals surface area (Å²) in [5.41, 5.74) is 4.07. The zero-order valence-electron chi connectivity index (χ0n) is 23.2. The summed E-state index contributed by atoms with van der Waals surface area (Å²) in [6.45, 7) is 1.86. The number of hydrogen-bond donors (Lipinski definition) is 1. The average molecular weight is 609 g/mol. The van der Waals surface area contributed by atoms with E-state index in [0.29, 0.717) is 27.6 Å². The van der Waals surface area contributed by atoms with Crippen molar-refractivity contribution in [2.75, 3.05) is 19.0 Å². The van der Waals surface area contributed by atoms with Gasteiger partial charge in [0.05, 0.1) is 25.1 Å². The molecule has 0 aliphatic rings. The van der Waals surface area contributed by atoms with Gasteiger partial charge in [-0.05, 0) is 67.1 Å². The zero-order valence-corrected chi connectivity index (χ0v) is 24.8. The molecule has 5 rings (SSSR count). The van der Waals surface area contributed by atoms with E-state index in [4.69, 9.17) is 26.2 Å². The second kappa shape index (κ2) is 13.2. The SMILES string of the molecule is CCOC(=O)c1c(-c2ccc(Cl)cc2)csc1NC(=O)C(C#N)=Cc1cn(-c2ccccc2)nc1-c1ccc(OC)cc1. The molecule has 0 aliphatic carbocycles. The van der Waals surface area contributed by atoms with Crippen LogP contribution in [0.15, 0.2) is 96.0 Å². The number of nitrogens with zero attached hydrogens (tertiary/aromatic N) is 3. The first-order valence-electron chi connectivity index (χ1n) is 13.2. The molecule has 5 aromatic rings. The molecule has 0 spiro atoms. The van der Waals surface area contributed by atoms with E-state index in [1.807, 2.05) is 60.7 Å². The fraction of sp³-hybridized carbons (Fsp3) is 0.0909. The van der Waals surface area contributed by atoms with E-state index in [-0.39, 0.29) is 22.7 Å². The number of rotatable bonds is 9. The Bertz CT molecular complexity index is 1840. The van der Waals surface area contributed by atoms with Gasteiger partial charge in [0, 0.05) is 33.3 Å². The number of nitriles is 1. The molecule has 0 unspecified atom stereocenters. The van der Waals surface area contributed by atoms with Crippen LogP contribution in [0, 0.1) is 11.3 Å². The molecule has 0 fully saturated rings. The van der Waals surface area contributed by atoms with E-state index < -0.39 is 11.9 Å². The first-order chi connectivity index (χ1) is 20.9. The fourth-order valence-corrected chi connectivity index (χ4v) is 5.43. The van der Waals surface area contributed by atoms with Crippen LogP contribution in [0.5, 0.6) is 5.75 Å². The number of hydrogen-bond acceptors (Lipinski definition) is 7. The van der Waals surface area contributed by atoms with Crippen molar-refractivity contribution in [3.05, 3.63) is 112 Å². The Labute approximate surface area is 257 Å². The number of para-hydroxylation sites is 1. The number of esters is 1. The highest BCUT2D eigenvalue weighted by Crippen LogP contribution is 2.37. The number of thiophene rings is 1. The van der Waals surface area contributed by atoms with Crippen molar-refractivity contribution < 1.29 is 19.1 Å². The van der Waals surface area contributed by atoms with E-state index in [1.165, 1.54) is 17.4 Å². The van der Waals surface area contributed by atoms with E-state index in [2.05, 4.69) is 5.32 Å². The van der Waals surface area contributed by atoms with Gasteiger partial charge in [0.25, 0.3) is 5.91 Å². The standard InChI is InChI=1S/C33H25ClN4O4S/c1-3-42-33(40)29-28(21-9-13-25(34)14-10-21)20-43-32(29)36-31(39)23(18-35)17-24-19-38(26-7-5-4-6-8-26)37-30(24)22-11-15-27(41-2)16-12-22/h4-17,19-20H,3H2,1-2H3,(H,36,39). The van der Waals surface area contributed by atoms with E-state index in [0.717, 1.165) is 16.8 Å². The smallest absolute Gasteiger partial charge is 0.341 e. The van der Waals surface area contributed by atoms with Crippen molar-refractivity contribution in [2.45, 2.75) is 6.92 Å². The van der Waals surface area contributed by atoms with E-state index >= 15 is 0 Å². The van der Waals surface area contributed by atoms with Crippen LogP contribution in [0.4, 0.5) is 5.00 Å². The lowest BCUT2D eigenvalue weighted by Gasteiger charge is -2.09. The molecule has 0 saturated heterocycles. The Kier molecular flexibility index (Phi) is 9.01. The van der Waals surface area contributed by atoms with Crippen molar-refractivity contribution in [1.82, 2.24) is 9.78 Å². The third-order valence-electron chi connectivity index (χ3n) is 6.44. The van der Waals surface area contributed by atoms with Crippen molar-refractivity contribution >= 4 is 45.9 Å². The van der Waals surface area contributed by atoms with Crippen molar-refractivity contribution in [1.29, 1.82) is 5.26 Å². The fourth-order valence-electron chi connectivity index (χ4n) is 4.35. The Morgan fingerprint density at radius 1 is 1.05 bits per heavy atom. The van der Waals surface area contributed by atoms with Gasteiger partial charge in [-0.1, -0.05) is 41.9 Å². The van der Waals surface area contributed by atoms with Crippen LogP contribution in [0.2, 0.25) is 5.02 Å². The molecule has 0 radical (unpaired) electrons. The van der Waals surface area contributed by atoms with Crippen LogP contribution in [-0.4, -0.2) is 35.4 Å². The summed E-state index contributed by atoms with van der Waals surface area (Å²) in [5, 5.41) is 20.1. The maximum Gasteiger partial charge on any atom is 0.341 e. The molecule has 10 heteroatoms. The number of ether oxygens (including phenoxy) is 2. The lowest BCUT2D eigenvalue weighted by Crippen LogP contribution is -2.16. The maximum absolute atomic E-state index is 13.5. The molecule has 1 amide bonds. The van der Waals surface area contributed by atoms with Crippen LogP contribution in [0.3, 0.4) is 0 Å². The minimum absolute atomic E-state index is 0.158. The first kappa shape index (κ1) is 29.3. The zero-order chi connectivity index (χ0) is 30.3. The summed E-state index contributed by atoms with van der Waals surface area (Å²) in [4.78, 5) is 26.5. The van der Waals surface area contributed by atoms with E-state index in [9.17, 15) is 14.9 Å². The quantitative estimate of drug-likeness (QED) is 0.105. The Balaban J connectivity index is 1.53. The van der Waals surface area contributed by atoms with Gasteiger partial charge in [-0.25, -0.2) is 9.48 Å². The predicted molar refractivity (Wildman–Crippen MR) is 168 cm³/mol. The molecule has 0 bridgehead atoms. The number of anilines is 1. The molecular formula is C33H25ClN4O4S. The number of carbonyl (C=O) groups excluding carboxylic acids is 2. The van der Waals surface area contributed by atoms with Gasteiger partial charge < -0.3 is 14.8 Å². The second-order valence-electron chi connectivity index (χ2n) is 9.15. The summed E-state index contributed by atoms with van der Waals surface area (Å²) in [6, 6.07) is 25.8. The highest BCUT2D eigenvalue weighted by atomic mass is 35.5. The summed E-state index contributed by atoms with van der Waals surface area (Å²) in [6.07, 6.45) is 3.24. The number of methoxy groups -OCH3 is 1. The summed E-state index contributed by atoms with van der Waals surface area (Å²) in [5.74, 6) is -0.574. The number of benzene rings is 3. The lowest BCUT2D eigenvalue weighted by molar-refractivity contribution is -0.112. The molecule has 214 valence electrons. The third kappa shape index (κ3) is 6.51. The number of nitrogens with one attached hydrogen (secondary N) is 1. The molecule has 8 nitrogen and oxygen atoms in total. The van der Waals surface area contributed by atoms with Gasteiger partial charge >= 0.3 is 5.97 Å². The molecule has 1 N–H and O–H groups in total. The summed E-state index contributed by atoms with van der Waals surface area (Å²) in [7, 11) is 1.59. The third-order valence-corrected chi connectivity index (χ3v) is 7.59. The second-order valence-corrected chi connectivity index (χ2v) is 10.5. The van der Waals surface area contributed by atoms with Gasteiger partial charge in [-0.15, -0.1) is 11.3 Å². The molecule has 43 heavy (non-hydrogen) atoms. The molecule has 0 aliphatic heterocycles.